The average Bonchev–Trinajstić information content (AvgIpc) is 2.81. The molecular weight excluding hydrogens is 501 g/mol. The zero-order valence-electron chi connectivity index (χ0n) is 19.5. The molecule has 0 saturated heterocycles. The molecule has 10 heteroatoms. The van der Waals surface area contributed by atoms with Gasteiger partial charge >= 0.3 is 29.6 Å². The Morgan fingerprint density at radius 1 is 1.09 bits per heavy atom. The fourth-order valence-electron chi connectivity index (χ4n) is 3.36. The minimum atomic E-state index is -3.74. The Kier molecular flexibility index (Phi) is 11.2. The molecular formula is C25H25ClNNaO6S. The molecule has 3 aromatic rings. The number of rotatable bonds is 11. The predicted octanol–water partition coefficient (Wildman–Crippen LogP) is -0.520. The van der Waals surface area contributed by atoms with E-state index in [0.717, 1.165) is 11.1 Å². The molecule has 0 saturated carbocycles. The maximum Gasteiger partial charge on any atom is 1.00 e. The van der Waals surface area contributed by atoms with Gasteiger partial charge in [0, 0.05) is 11.6 Å². The zero-order valence-corrected chi connectivity index (χ0v) is 23.1. The van der Waals surface area contributed by atoms with Crippen molar-refractivity contribution in [1.29, 1.82) is 0 Å². The van der Waals surface area contributed by atoms with E-state index in [-0.39, 0.29) is 45.1 Å². The van der Waals surface area contributed by atoms with E-state index in [4.69, 9.17) is 16.3 Å². The number of hydrogen-bond acceptors (Lipinski definition) is 7. The second kappa shape index (κ2) is 13.4. The second-order valence-electron chi connectivity index (χ2n) is 7.76. The quantitative estimate of drug-likeness (QED) is 0.256. The summed E-state index contributed by atoms with van der Waals surface area (Å²) >= 11 is 5.95. The first-order chi connectivity index (χ1) is 16.2. The molecule has 0 aliphatic heterocycles. The Labute approximate surface area is 232 Å². The van der Waals surface area contributed by atoms with Crippen LogP contribution in [0.4, 0.5) is 0 Å². The second-order valence-corrected chi connectivity index (χ2v) is 10.1. The number of carboxylic acids is 1. The number of ether oxygens (including phenoxy) is 1. The standard InChI is InChI=1S/C25H26ClNO6S.Na/c1-17-13-22(9-10-24(17)33-16-25(29)30)34(31,32)21-7-5-18(6-8-21)11-12-27-15-23(28)19-3-2-4-20(26)14-19;/h2-10,13-14,23,27-28H,11-12,15-16H2,1H3,(H,29,30);/q;+1/p-1/t23-;/m0./s1. The summed E-state index contributed by atoms with van der Waals surface area (Å²) in [4.78, 5) is 10.8. The molecule has 0 aliphatic rings. The average molecular weight is 526 g/mol. The summed E-state index contributed by atoms with van der Waals surface area (Å²) < 4.78 is 31.0. The van der Waals surface area contributed by atoms with Gasteiger partial charge in [-0.25, -0.2) is 8.42 Å². The third kappa shape index (κ3) is 8.32. The first kappa shape index (κ1) is 29.3. The molecule has 0 spiro atoms. The smallest absolute Gasteiger partial charge is 0.546 e. The molecule has 180 valence electrons. The molecule has 0 radical (unpaired) electrons. The molecule has 0 aliphatic carbocycles. The predicted molar refractivity (Wildman–Crippen MR) is 127 cm³/mol. The number of halogens is 1. The van der Waals surface area contributed by atoms with Crippen LogP contribution < -0.4 is 44.7 Å². The fraction of sp³-hybridized carbons (Fsp3) is 0.240. The monoisotopic (exact) mass is 525 g/mol. The van der Waals surface area contributed by atoms with Gasteiger partial charge in [0.05, 0.1) is 21.9 Å². The number of aliphatic hydroxyl groups excluding tert-OH is 1. The number of aliphatic carboxylic acids is 1. The molecule has 0 unspecified atom stereocenters. The maximum atomic E-state index is 13.0. The summed E-state index contributed by atoms with van der Waals surface area (Å²) in [5, 5.41) is 24.6. The number of aliphatic hydroxyl groups is 1. The number of benzene rings is 3. The Morgan fingerprint density at radius 3 is 2.40 bits per heavy atom. The molecule has 35 heavy (non-hydrogen) atoms. The van der Waals surface area contributed by atoms with E-state index < -0.39 is 28.5 Å². The number of carboxylic acid groups (broad SMARTS) is 1. The van der Waals surface area contributed by atoms with Crippen LogP contribution in [0.15, 0.2) is 76.5 Å². The molecule has 2 N–H and O–H groups in total. The van der Waals surface area contributed by atoms with Crippen molar-refractivity contribution in [2.45, 2.75) is 29.2 Å². The van der Waals surface area contributed by atoms with Crippen LogP contribution in [0, 0.1) is 6.92 Å². The van der Waals surface area contributed by atoms with Gasteiger partial charge in [-0.15, -0.1) is 0 Å². The van der Waals surface area contributed by atoms with Crippen LogP contribution in [0.2, 0.25) is 5.02 Å². The third-order valence-corrected chi connectivity index (χ3v) is 7.20. The third-order valence-electron chi connectivity index (χ3n) is 5.20. The van der Waals surface area contributed by atoms with Crippen LogP contribution in [-0.4, -0.2) is 39.2 Å². The first-order valence-corrected chi connectivity index (χ1v) is 12.4. The van der Waals surface area contributed by atoms with Crippen molar-refractivity contribution in [3.63, 3.8) is 0 Å². The van der Waals surface area contributed by atoms with Crippen LogP contribution in [-0.2, 0) is 21.1 Å². The van der Waals surface area contributed by atoms with Gasteiger partial charge in [0.2, 0.25) is 9.84 Å². The van der Waals surface area contributed by atoms with E-state index >= 15 is 0 Å². The van der Waals surface area contributed by atoms with E-state index in [9.17, 15) is 23.4 Å². The normalized spacial score (nSPS) is 12.0. The number of aryl methyl sites for hydroxylation is 1. The van der Waals surface area contributed by atoms with Crippen molar-refractivity contribution in [1.82, 2.24) is 5.32 Å². The molecule has 0 fully saturated rings. The molecule has 7 nitrogen and oxygen atoms in total. The summed E-state index contributed by atoms with van der Waals surface area (Å²) in [6.45, 7) is 2.01. The Balaban J connectivity index is 0.00000432. The van der Waals surface area contributed by atoms with Gasteiger partial charge in [0.25, 0.3) is 0 Å². The molecule has 0 aromatic heterocycles. The van der Waals surface area contributed by atoms with Gasteiger partial charge < -0.3 is 25.1 Å². The minimum Gasteiger partial charge on any atom is -0.546 e. The summed E-state index contributed by atoms with van der Waals surface area (Å²) in [5.41, 5.74) is 2.19. The minimum absolute atomic E-state index is 0. The van der Waals surface area contributed by atoms with Gasteiger partial charge in [-0.2, -0.15) is 0 Å². The van der Waals surface area contributed by atoms with Crippen LogP contribution >= 0.6 is 11.6 Å². The molecule has 0 bridgehead atoms. The van der Waals surface area contributed by atoms with E-state index in [1.807, 2.05) is 6.07 Å². The van der Waals surface area contributed by atoms with E-state index in [2.05, 4.69) is 5.32 Å². The first-order valence-electron chi connectivity index (χ1n) is 10.6. The zero-order chi connectivity index (χ0) is 24.7. The summed E-state index contributed by atoms with van der Waals surface area (Å²) in [5.74, 6) is -1.07. The van der Waals surface area contributed by atoms with Gasteiger partial charge in [0.1, 0.15) is 12.4 Å². The van der Waals surface area contributed by atoms with Crippen molar-refractivity contribution in [2.24, 2.45) is 0 Å². The van der Waals surface area contributed by atoms with E-state index in [0.29, 0.717) is 30.1 Å². The fourth-order valence-corrected chi connectivity index (χ4v) is 4.91. The van der Waals surface area contributed by atoms with Crippen LogP contribution in [0.3, 0.4) is 0 Å². The van der Waals surface area contributed by atoms with Gasteiger partial charge in [-0.3, -0.25) is 0 Å². The van der Waals surface area contributed by atoms with Crippen molar-refractivity contribution in [3.8, 4) is 5.75 Å². The van der Waals surface area contributed by atoms with Gasteiger partial charge in [-0.05, 0) is 79.0 Å². The number of hydrogen-bond donors (Lipinski definition) is 2. The molecule has 3 rings (SSSR count). The number of nitrogens with one attached hydrogen (secondary N) is 1. The van der Waals surface area contributed by atoms with Crippen molar-refractivity contribution >= 4 is 27.4 Å². The van der Waals surface area contributed by atoms with Crippen molar-refractivity contribution in [3.05, 3.63) is 88.4 Å². The Morgan fingerprint density at radius 2 is 1.77 bits per heavy atom. The van der Waals surface area contributed by atoms with Crippen molar-refractivity contribution in [2.75, 3.05) is 19.7 Å². The summed E-state index contributed by atoms with van der Waals surface area (Å²) in [6, 6.07) is 18.0. The SMILES string of the molecule is Cc1cc(S(=O)(=O)c2ccc(CCNC[C@H](O)c3cccc(Cl)c3)cc2)ccc1OCC(=O)[O-].[Na+]. The topological polar surface area (TPSA) is 116 Å². The number of carbonyl (C=O) groups excluding carboxylic acids is 1. The summed E-state index contributed by atoms with van der Waals surface area (Å²) in [6.07, 6.45) is -0.0149. The molecule has 0 heterocycles. The summed E-state index contributed by atoms with van der Waals surface area (Å²) in [7, 11) is -3.74. The van der Waals surface area contributed by atoms with E-state index in [1.165, 1.54) is 18.2 Å². The largest absolute Gasteiger partial charge is 1.00 e. The molecule has 3 aromatic carbocycles. The van der Waals surface area contributed by atoms with Crippen LogP contribution in [0.25, 0.3) is 0 Å². The Bertz CT molecular complexity index is 1250. The van der Waals surface area contributed by atoms with Crippen LogP contribution in [0.1, 0.15) is 22.8 Å². The number of sulfone groups is 1. The van der Waals surface area contributed by atoms with E-state index in [1.54, 1.807) is 49.4 Å². The molecule has 0 amide bonds. The Hall–Kier alpha value is -1.91. The molecule has 1 atom stereocenters. The van der Waals surface area contributed by atoms with Gasteiger partial charge in [0.15, 0.2) is 0 Å². The van der Waals surface area contributed by atoms with Gasteiger partial charge in [-0.1, -0.05) is 35.9 Å². The maximum absolute atomic E-state index is 13.0. The van der Waals surface area contributed by atoms with Crippen molar-refractivity contribution < 1.29 is 57.7 Å². The number of carbonyl (C=O) groups is 1. The van der Waals surface area contributed by atoms with Crippen LogP contribution in [0.5, 0.6) is 5.75 Å².